The highest BCUT2D eigenvalue weighted by molar-refractivity contribution is 5.96. The van der Waals surface area contributed by atoms with Gasteiger partial charge in [-0.2, -0.15) is 0 Å². The Morgan fingerprint density at radius 3 is 2.52 bits per heavy atom. The Hall–Kier alpha value is -2.48. The number of aryl methyl sites for hydroxylation is 1. The van der Waals surface area contributed by atoms with Crippen molar-refractivity contribution in [1.29, 1.82) is 0 Å². The first kappa shape index (κ1) is 20.8. The number of carbonyl (C=O) groups is 3. The first-order valence-electron chi connectivity index (χ1n) is 9.35. The predicted octanol–water partition coefficient (Wildman–Crippen LogP) is 1.66. The number of likely N-dealkylation sites (N-methyl/N-ethyl adjacent to an activating group) is 1. The molecule has 1 heterocycles. The van der Waals surface area contributed by atoms with Crippen LogP contribution in [0.25, 0.3) is 0 Å². The van der Waals surface area contributed by atoms with Crippen LogP contribution in [0, 0.1) is 12.8 Å². The first-order valence-corrected chi connectivity index (χ1v) is 9.35. The molecule has 0 bridgehead atoms. The number of carbonyl (C=O) groups excluding carboxylic acids is 3. The monoisotopic (exact) mass is 375 g/mol. The molecule has 1 aliphatic rings. The van der Waals surface area contributed by atoms with Gasteiger partial charge in [-0.3, -0.25) is 19.8 Å². The average Bonchev–Trinajstić information content (AvgIpc) is 2.58. The van der Waals surface area contributed by atoms with Gasteiger partial charge in [0, 0.05) is 12.2 Å². The van der Waals surface area contributed by atoms with Crippen molar-refractivity contribution in [2.75, 3.05) is 25.5 Å². The molecule has 4 amide bonds. The number of hydrogen-bond donors (Lipinski definition) is 3. The van der Waals surface area contributed by atoms with Gasteiger partial charge >= 0.3 is 6.03 Å². The molecule has 3 N–H and O–H groups in total. The number of urea groups is 1. The minimum Gasteiger partial charge on any atom is -0.335 e. The molecule has 0 aliphatic heterocycles. The third-order valence-corrected chi connectivity index (χ3v) is 4.69. The Morgan fingerprint density at radius 1 is 1.15 bits per heavy atom. The quantitative estimate of drug-likeness (QED) is 0.702. The summed E-state index contributed by atoms with van der Waals surface area (Å²) >= 11 is 0. The summed E-state index contributed by atoms with van der Waals surface area (Å²) in [6.45, 7) is 3.99. The van der Waals surface area contributed by atoms with E-state index in [1.54, 1.807) is 19.3 Å². The van der Waals surface area contributed by atoms with E-state index < -0.39 is 11.9 Å². The highest BCUT2D eigenvalue weighted by Crippen LogP contribution is 2.23. The predicted molar refractivity (Wildman–Crippen MR) is 103 cm³/mol. The van der Waals surface area contributed by atoms with Crippen LogP contribution >= 0.6 is 0 Å². The molecule has 1 aliphatic carbocycles. The molecule has 8 heteroatoms. The third-order valence-electron chi connectivity index (χ3n) is 4.69. The molecule has 148 valence electrons. The summed E-state index contributed by atoms with van der Waals surface area (Å²) < 4.78 is 0. The van der Waals surface area contributed by atoms with Crippen LogP contribution in [0.5, 0.6) is 0 Å². The van der Waals surface area contributed by atoms with Gasteiger partial charge in [-0.25, -0.2) is 9.78 Å². The SMILES string of the molecule is Cc1ccc(NC(=O)CN(C)CC(=O)NC(=O)NC2CCCCC2C)nc1. The Bertz CT molecular complexity index is 662. The number of nitrogens with zero attached hydrogens (tertiary/aromatic N) is 2. The lowest BCUT2D eigenvalue weighted by Gasteiger charge is -2.29. The molecular weight excluding hydrogens is 346 g/mol. The lowest BCUT2D eigenvalue weighted by atomic mass is 9.86. The molecule has 2 unspecified atom stereocenters. The molecule has 0 radical (unpaired) electrons. The molecule has 1 aromatic heterocycles. The highest BCUT2D eigenvalue weighted by Gasteiger charge is 2.23. The third kappa shape index (κ3) is 7.34. The normalized spacial score (nSPS) is 19.4. The number of hydrogen-bond acceptors (Lipinski definition) is 5. The van der Waals surface area contributed by atoms with E-state index in [9.17, 15) is 14.4 Å². The van der Waals surface area contributed by atoms with Gasteiger partial charge in [-0.1, -0.05) is 25.8 Å². The Balaban J connectivity index is 1.70. The number of anilines is 1. The topological polar surface area (TPSA) is 103 Å². The number of rotatable bonds is 6. The lowest BCUT2D eigenvalue weighted by Crippen LogP contribution is -2.50. The van der Waals surface area contributed by atoms with Gasteiger partial charge in [0.25, 0.3) is 0 Å². The van der Waals surface area contributed by atoms with E-state index in [2.05, 4.69) is 27.9 Å². The summed E-state index contributed by atoms with van der Waals surface area (Å²) in [7, 11) is 1.64. The minimum absolute atomic E-state index is 0.0181. The van der Waals surface area contributed by atoms with Crippen LogP contribution in [0.3, 0.4) is 0 Å². The maximum atomic E-state index is 12.0. The zero-order chi connectivity index (χ0) is 19.8. The Morgan fingerprint density at radius 2 is 1.85 bits per heavy atom. The van der Waals surface area contributed by atoms with Gasteiger partial charge in [0.05, 0.1) is 13.1 Å². The molecule has 0 saturated heterocycles. The Kier molecular flexibility index (Phi) is 7.72. The average molecular weight is 375 g/mol. The van der Waals surface area contributed by atoms with E-state index in [4.69, 9.17) is 0 Å². The second-order valence-electron chi connectivity index (χ2n) is 7.33. The molecule has 0 aromatic carbocycles. The number of amides is 4. The maximum absolute atomic E-state index is 12.0. The second-order valence-corrected chi connectivity index (χ2v) is 7.33. The number of nitrogens with one attached hydrogen (secondary N) is 3. The summed E-state index contributed by atoms with van der Waals surface area (Å²) in [5, 5.41) is 7.88. The summed E-state index contributed by atoms with van der Waals surface area (Å²) in [5.41, 5.74) is 1.00. The molecule has 1 aromatic rings. The van der Waals surface area contributed by atoms with E-state index >= 15 is 0 Å². The van der Waals surface area contributed by atoms with E-state index in [0.29, 0.717) is 11.7 Å². The maximum Gasteiger partial charge on any atom is 0.321 e. The van der Waals surface area contributed by atoms with E-state index in [1.165, 1.54) is 11.3 Å². The van der Waals surface area contributed by atoms with Crippen LogP contribution in [0.15, 0.2) is 18.3 Å². The molecule has 27 heavy (non-hydrogen) atoms. The molecule has 2 rings (SSSR count). The molecular formula is C19H29N5O3. The van der Waals surface area contributed by atoms with Gasteiger partial charge in [-0.15, -0.1) is 0 Å². The minimum atomic E-state index is -0.472. The fourth-order valence-electron chi connectivity index (χ4n) is 3.17. The molecule has 1 fully saturated rings. The number of aromatic nitrogens is 1. The van der Waals surface area contributed by atoms with Crippen LogP contribution in [0.2, 0.25) is 0 Å². The first-order chi connectivity index (χ1) is 12.8. The van der Waals surface area contributed by atoms with Crippen molar-refractivity contribution in [3.05, 3.63) is 23.9 Å². The van der Waals surface area contributed by atoms with Gasteiger partial charge in [0.1, 0.15) is 5.82 Å². The largest absolute Gasteiger partial charge is 0.335 e. The van der Waals surface area contributed by atoms with Crippen LogP contribution in [-0.4, -0.2) is 53.9 Å². The molecule has 1 saturated carbocycles. The second kappa shape index (κ2) is 10.0. The van der Waals surface area contributed by atoms with Gasteiger partial charge in [0.15, 0.2) is 0 Å². The fraction of sp³-hybridized carbons (Fsp3) is 0.579. The number of pyridine rings is 1. The zero-order valence-electron chi connectivity index (χ0n) is 16.2. The van der Waals surface area contributed by atoms with Crippen LogP contribution < -0.4 is 16.0 Å². The van der Waals surface area contributed by atoms with Crippen LogP contribution in [-0.2, 0) is 9.59 Å². The number of imide groups is 1. The van der Waals surface area contributed by atoms with Crippen molar-refractivity contribution >= 4 is 23.7 Å². The van der Waals surface area contributed by atoms with Gasteiger partial charge in [-0.05, 0) is 44.4 Å². The summed E-state index contributed by atoms with van der Waals surface area (Å²) in [4.78, 5) is 41.6. The smallest absolute Gasteiger partial charge is 0.321 e. The zero-order valence-corrected chi connectivity index (χ0v) is 16.2. The highest BCUT2D eigenvalue weighted by atomic mass is 16.2. The molecule has 0 spiro atoms. The van der Waals surface area contributed by atoms with Crippen molar-refractivity contribution < 1.29 is 14.4 Å². The summed E-state index contributed by atoms with van der Waals surface area (Å²) in [6.07, 6.45) is 5.98. The summed E-state index contributed by atoms with van der Waals surface area (Å²) in [5.74, 6) is 0.160. The Labute approximate surface area is 160 Å². The standard InChI is InChI=1S/C19H29N5O3/c1-13-8-9-16(20-10-13)22-17(25)11-24(3)12-18(26)23-19(27)21-15-7-5-4-6-14(15)2/h8-10,14-15H,4-7,11-12H2,1-3H3,(H,20,22,25)(H2,21,23,26,27). The van der Waals surface area contributed by atoms with Crippen LogP contribution in [0.4, 0.5) is 10.6 Å². The van der Waals surface area contributed by atoms with Crippen molar-refractivity contribution in [1.82, 2.24) is 20.5 Å². The van der Waals surface area contributed by atoms with Gasteiger partial charge < -0.3 is 10.6 Å². The van der Waals surface area contributed by atoms with Crippen LogP contribution in [0.1, 0.15) is 38.2 Å². The van der Waals surface area contributed by atoms with E-state index in [0.717, 1.165) is 24.8 Å². The fourth-order valence-corrected chi connectivity index (χ4v) is 3.17. The van der Waals surface area contributed by atoms with Crippen molar-refractivity contribution in [3.8, 4) is 0 Å². The lowest BCUT2D eigenvalue weighted by molar-refractivity contribution is -0.122. The molecule has 8 nitrogen and oxygen atoms in total. The van der Waals surface area contributed by atoms with Crippen molar-refractivity contribution in [2.24, 2.45) is 5.92 Å². The molecule has 2 atom stereocenters. The summed E-state index contributed by atoms with van der Waals surface area (Å²) in [6, 6.07) is 3.21. The van der Waals surface area contributed by atoms with Crippen molar-refractivity contribution in [2.45, 2.75) is 45.6 Å². The van der Waals surface area contributed by atoms with Crippen molar-refractivity contribution in [3.63, 3.8) is 0 Å². The van der Waals surface area contributed by atoms with E-state index in [-0.39, 0.29) is 25.0 Å². The van der Waals surface area contributed by atoms with Gasteiger partial charge in [0.2, 0.25) is 11.8 Å². The van der Waals surface area contributed by atoms with E-state index in [1.807, 2.05) is 13.0 Å².